The third kappa shape index (κ3) is 4.91. The van der Waals surface area contributed by atoms with E-state index >= 15 is 0 Å². The molecule has 3 amide bonds. The predicted molar refractivity (Wildman–Crippen MR) is 142 cm³/mol. The molecule has 3 aromatic carbocycles. The first kappa shape index (κ1) is 25.2. The average Bonchev–Trinajstić information content (AvgIpc) is 3.16. The minimum absolute atomic E-state index is 0.142. The van der Waals surface area contributed by atoms with Crippen molar-refractivity contribution in [1.29, 1.82) is 0 Å². The van der Waals surface area contributed by atoms with Crippen molar-refractivity contribution in [3.63, 3.8) is 0 Å². The van der Waals surface area contributed by atoms with E-state index in [9.17, 15) is 23.9 Å². The summed E-state index contributed by atoms with van der Waals surface area (Å²) in [5, 5.41) is 16.0. The van der Waals surface area contributed by atoms with E-state index in [0.717, 1.165) is 30.1 Å². The Morgan fingerprint density at radius 1 is 0.923 bits per heavy atom. The Kier molecular flexibility index (Phi) is 6.62. The molecule has 3 N–H and O–H groups in total. The molecule has 6 rings (SSSR count). The zero-order valence-corrected chi connectivity index (χ0v) is 21.3. The van der Waals surface area contributed by atoms with Gasteiger partial charge in [0.25, 0.3) is 11.8 Å². The Morgan fingerprint density at radius 3 is 2.36 bits per heavy atom. The SMILES string of the molecule is O=C1CCC(N2C(=O)c3cccc(NCc4ccc(CN5CC(c6ccc(F)cc6)C5)cc4)c3C2=O)C(O)N1. The standard InChI is InChI=1S/C30H29FN4O4/c31-22-10-8-20(9-11-22)21-16-34(17-21)15-19-6-4-18(5-7-19)14-32-24-3-1-2-23-27(24)30(39)35(29(23)38)25-12-13-26(36)33-28(25)37/h1-11,21,25,28,32,37H,12-17H2,(H,33,36). The second-order valence-electron chi connectivity index (χ2n) is 10.4. The van der Waals surface area contributed by atoms with Crippen LogP contribution in [0.5, 0.6) is 0 Å². The maximum absolute atomic E-state index is 13.3. The second-order valence-corrected chi connectivity index (χ2v) is 10.4. The molecule has 0 spiro atoms. The number of fused-ring (bicyclic) bond motifs is 1. The Balaban J connectivity index is 1.06. The molecular weight excluding hydrogens is 499 g/mol. The Bertz CT molecular complexity index is 1420. The van der Waals surface area contributed by atoms with Crippen LogP contribution in [-0.4, -0.2) is 58.0 Å². The first-order chi connectivity index (χ1) is 18.9. The number of likely N-dealkylation sites (tertiary alicyclic amines) is 1. The zero-order chi connectivity index (χ0) is 27.1. The molecule has 0 radical (unpaired) electrons. The highest BCUT2D eigenvalue weighted by Gasteiger charge is 2.45. The van der Waals surface area contributed by atoms with Gasteiger partial charge in [-0.3, -0.25) is 24.2 Å². The van der Waals surface area contributed by atoms with Crippen LogP contribution in [0, 0.1) is 5.82 Å². The number of halogens is 1. The molecule has 0 aromatic heterocycles. The normalized spacial score (nSPS) is 21.5. The van der Waals surface area contributed by atoms with Crippen LogP contribution in [-0.2, 0) is 17.9 Å². The van der Waals surface area contributed by atoms with Crippen LogP contribution in [0.4, 0.5) is 10.1 Å². The molecule has 39 heavy (non-hydrogen) atoms. The van der Waals surface area contributed by atoms with Crippen molar-refractivity contribution in [3.8, 4) is 0 Å². The van der Waals surface area contributed by atoms with Crippen molar-refractivity contribution in [2.45, 2.75) is 44.1 Å². The maximum atomic E-state index is 13.3. The van der Waals surface area contributed by atoms with E-state index in [0.29, 0.717) is 18.2 Å². The summed E-state index contributed by atoms with van der Waals surface area (Å²) in [6.45, 7) is 3.21. The summed E-state index contributed by atoms with van der Waals surface area (Å²) in [5.41, 5.74) is 4.54. The van der Waals surface area contributed by atoms with Crippen LogP contribution in [0.2, 0.25) is 0 Å². The second kappa shape index (κ2) is 10.2. The summed E-state index contributed by atoms with van der Waals surface area (Å²) in [5.74, 6) is -1.01. The number of carbonyl (C=O) groups is 3. The number of hydrogen-bond acceptors (Lipinski definition) is 6. The predicted octanol–water partition coefficient (Wildman–Crippen LogP) is 3.23. The molecule has 9 heteroatoms. The van der Waals surface area contributed by atoms with Crippen molar-refractivity contribution in [2.24, 2.45) is 0 Å². The largest absolute Gasteiger partial charge is 0.380 e. The Hall–Kier alpha value is -4.08. The molecule has 3 aliphatic heterocycles. The van der Waals surface area contributed by atoms with Crippen LogP contribution in [0.25, 0.3) is 0 Å². The fraction of sp³-hybridized carbons (Fsp3) is 0.300. The van der Waals surface area contributed by atoms with Crippen LogP contribution in [0.15, 0.2) is 66.7 Å². The summed E-state index contributed by atoms with van der Waals surface area (Å²) < 4.78 is 13.2. The van der Waals surface area contributed by atoms with Gasteiger partial charge in [0, 0.05) is 44.2 Å². The van der Waals surface area contributed by atoms with Gasteiger partial charge in [-0.15, -0.1) is 0 Å². The highest BCUT2D eigenvalue weighted by molar-refractivity contribution is 6.24. The molecular formula is C30H29FN4O4. The minimum atomic E-state index is -1.28. The first-order valence-corrected chi connectivity index (χ1v) is 13.2. The molecule has 0 aliphatic carbocycles. The van der Waals surface area contributed by atoms with E-state index < -0.39 is 24.1 Å². The molecule has 3 aromatic rings. The highest BCUT2D eigenvalue weighted by atomic mass is 19.1. The van der Waals surface area contributed by atoms with Crippen LogP contribution < -0.4 is 10.6 Å². The van der Waals surface area contributed by atoms with Crippen molar-refractivity contribution in [2.75, 3.05) is 18.4 Å². The summed E-state index contributed by atoms with van der Waals surface area (Å²) in [6, 6.07) is 19.3. The average molecular weight is 529 g/mol. The number of benzene rings is 3. The van der Waals surface area contributed by atoms with E-state index in [1.165, 1.54) is 23.3 Å². The number of piperidine rings is 1. The number of anilines is 1. The topological polar surface area (TPSA) is 102 Å². The fourth-order valence-corrected chi connectivity index (χ4v) is 5.66. The van der Waals surface area contributed by atoms with Gasteiger partial charge in [0.15, 0.2) is 0 Å². The third-order valence-corrected chi connectivity index (χ3v) is 7.83. The van der Waals surface area contributed by atoms with Gasteiger partial charge in [-0.1, -0.05) is 42.5 Å². The molecule has 3 aliphatic rings. The van der Waals surface area contributed by atoms with E-state index in [2.05, 4.69) is 27.7 Å². The Labute approximate surface area is 225 Å². The highest BCUT2D eigenvalue weighted by Crippen LogP contribution is 2.33. The van der Waals surface area contributed by atoms with Gasteiger partial charge in [-0.2, -0.15) is 0 Å². The molecule has 8 nitrogen and oxygen atoms in total. The number of amides is 3. The molecule has 2 fully saturated rings. The summed E-state index contributed by atoms with van der Waals surface area (Å²) in [7, 11) is 0. The minimum Gasteiger partial charge on any atom is -0.380 e. The zero-order valence-electron chi connectivity index (χ0n) is 21.3. The number of imide groups is 1. The van der Waals surface area contributed by atoms with Gasteiger partial charge >= 0.3 is 0 Å². The van der Waals surface area contributed by atoms with Crippen molar-refractivity contribution < 1.29 is 23.9 Å². The molecule has 3 heterocycles. The van der Waals surface area contributed by atoms with Crippen molar-refractivity contribution in [3.05, 3.63) is 100 Å². The number of nitrogens with zero attached hydrogens (tertiary/aromatic N) is 2. The molecule has 2 atom stereocenters. The Morgan fingerprint density at radius 2 is 1.64 bits per heavy atom. The van der Waals surface area contributed by atoms with Crippen molar-refractivity contribution >= 4 is 23.4 Å². The molecule has 0 saturated carbocycles. The number of rotatable bonds is 7. The lowest BCUT2D eigenvalue weighted by atomic mass is 9.91. The quantitative estimate of drug-likeness (QED) is 0.407. The van der Waals surface area contributed by atoms with Crippen molar-refractivity contribution in [1.82, 2.24) is 15.1 Å². The van der Waals surface area contributed by atoms with Crippen LogP contribution in [0.1, 0.15) is 56.2 Å². The molecule has 2 unspecified atom stereocenters. The number of carbonyl (C=O) groups excluding carboxylic acids is 3. The molecule has 2 saturated heterocycles. The van der Waals surface area contributed by atoms with Gasteiger partial charge in [-0.25, -0.2) is 4.39 Å². The summed E-state index contributed by atoms with van der Waals surface area (Å²) >= 11 is 0. The molecule has 0 bridgehead atoms. The lowest BCUT2D eigenvalue weighted by molar-refractivity contribution is -0.129. The lowest BCUT2D eigenvalue weighted by Crippen LogP contribution is -2.57. The van der Waals surface area contributed by atoms with Crippen LogP contribution >= 0.6 is 0 Å². The number of hydrogen-bond donors (Lipinski definition) is 3. The van der Waals surface area contributed by atoms with Gasteiger partial charge < -0.3 is 15.7 Å². The van der Waals surface area contributed by atoms with Gasteiger partial charge in [0.2, 0.25) is 5.91 Å². The number of aliphatic hydroxyl groups excluding tert-OH is 1. The van der Waals surface area contributed by atoms with E-state index in [1.807, 2.05) is 24.3 Å². The fourth-order valence-electron chi connectivity index (χ4n) is 5.66. The number of nitrogens with one attached hydrogen (secondary N) is 2. The van der Waals surface area contributed by atoms with Gasteiger partial charge in [-0.05, 0) is 47.4 Å². The number of aliphatic hydroxyl groups is 1. The monoisotopic (exact) mass is 528 g/mol. The first-order valence-electron chi connectivity index (χ1n) is 13.2. The third-order valence-electron chi connectivity index (χ3n) is 7.83. The van der Waals surface area contributed by atoms with Gasteiger partial charge in [0.1, 0.15) is 12.0 Å². The van der Waals surface area contributed by atoms with E-state index in [1.54, 1.807) is 18.2 Å². The summed E-state index contributed by atoms with van der Waals surface area (Å²) in [4.78, 5) is 41.4. The maximum Gasteiger partial charge on any atom is 0.264 e. The smallest absolute Gasteiger partial charge is 0.264 e. The van der Waals surface area contributed by atoms with Crippen LogP contribution in [0.3, 0.4) is 0 Å². The van der Waals surface area contributed by atoms with E-state index in [4.69, 9.17) is 0 Å². The van der Waals surface area contributed by atoms with E-state index in [-0.39, 0.29) is 35.7 Å². The lowest BCUT2D eigenvalue weighted by Gasteiger charge is -2.39. The van der Waals surface area contributed by atoms with Gasteiger partial charge in [0.05, 0.1) is 17.2 Å². The molecule has 200 valence electrons. The summed E-state index contributed by atoms with van der Waals surface area (Å²) in [6.07, 6.45) is -0.922.